The smallest absolute Gasteiger partial charge is 0.308 e. The number of rotatable bonds is 6. The molecule has 0 saturated carbocycles. The van der Waals surface area contributed by atoms with Crippen LogP contribution in [0.5, 0.6) is 0 Å². The lowest BCUT2D eigenvalue weighted by atomic mass is 9.91. The van der Waals surface area contributed by atoms with Gasteiger partial charge in [-0.3, -0.25) is 19.7 Å². The van der Waals surface area contributed by atoms with Crippen LogP contribution in [0.4, 0.5) is 4.39 Å². The molecule has 0 bridgehead atoms. The number of hydrogen-bond acceptors (Lipinski definition) is 5. The second-order valence-corrected chi connectivity index (χ2v) is 6.89. The van der Waals surface area contributed by atoms with Crippen molar-refractivity contribution >= 4 is 45.2 Å². The van der Waals surface area contributed by atoms with Crippen LogP contribution in [0.1, 0.15) is 32.3 Å². The average Bonchev–Trinajstić information content (AvgIpc) is 2.80. The maximum atomic E-state index is 13.4. The van der Waals surface area contributed by atoms with Crippen LogP contribution in [0.15, 0.2) is 29.8 Å². The molecule has 0 aliphatic carbocycles. The Morgan fingerprint density at radius 3 is 2.69 bits per heavy atom. The summed E-state index contributed by atoms with van der Waals surface area (Å²) in [6, 6.07) is 3.67. The number of hydrogen-bond donors (Lipinski definition) is 1. The van der Waals surface area contributed by atoms with Gasteiger partial charge in [-0.25, -0.2) is 4.39 Å². The summed E-state index contributed by atoms with van der Waals surface area (Å²) in [5.74, 6) is -3.16. The van der Waals surface area contributed by atoms with Gasteiger partial charge in [-0.2, -0.15) is 0 Å². The van der Waals surface area contributed by atoms with E-state index >= 15 is 0 Å². The fourth-order valence-corrected chi connectivity index (χ4v) is 2.80. The highest BCUT2D eigenvalue weighted by molar-refractivity contribution is 9.09. The number of carbonyl (C=O) groups excluding carboxylic acids is 3. The summed E-state index contributed by atoms with van der Waals surface area (Å²) in [6.45, 7) is 2.54. The molecular weight excluding hydrogens is 433 g/mol. The number of halogens is 3. The van der Waals surface area contributed by atoms with Crippen LogP contribution in [0.3, 0.4) is 0 Å². The van der Waals surface area contributed by atoms with Crippen molar-refractivity contribution in [1.82, 2.24) is 5.32 Å². The first kappa shape index (κ1) is 20.4. The molecular formula is C17H16BrClFNO5. The van der Waals surface area contributed by atoms with E-state index in [1.54, 1.807) is 0 Å². The second-order valence-electron chi connectivity index (χ2n) is 5.69. The number of esters is 1. The van der Waals surface area contributed by atoms with Crippen LogP contribution in [-0.2, 0) is 29.5 Å². The van der Waals surface area contributed by atoms with Crippen molar-refractivity contribution < 1.29 is 28.2 Å². The van der Waals surface area contributed by atoms with E-state index in [9.17, 15) is 18.8 Å². The highest BCUT2D eigenvalue weighted by Gasteiger charge is 2.50. The van der Waals surface area contributed by atoms with Crippen molar-refractivity contribution in [3.63, 3.8) is 0 Å². The van der Waals surface area contributed by atoms with Crippen molar-refractivity contribution in [1.29, 1.82) is 0 Å². The maximum absolute atomic E-state index is 13.4. The Bertz CT molecular complexity index is 797. The van der Waals surface area contributed by atoms with Crippen LogP contribution < -0.4 is 5.32 Å². The Morgan fingerprint density at radius 1 is 1.42 bits per heavy atom. The number of ether oxygens (including phenoxy) is 2. The molecule has 1 atom stereocenters. The molecule has 1 aromatic rings. The lowest BCUT2D eigenvalue weighted by Crippen LogP contribution is -2.32. The van der Waals surface area contributed by atoms with Gasteiger partial charge >= 0.3 is 5.97 Å². The number of alkyl halides is 1. The predicted molar refractivity (Wildman–Crippen MR) is 94.8 cm³/mol. The van der Waals surface area contributed by atoms with E-state index in [4.69, 9.17) is 21.1 Å². The number of benzene rings is 1. The zero-order valence-electron chi connectivity index (χ0n) is 14.0. The van der Waals surface area contributed by atoms with Gasteiger partial charge in [0.25, 0.3) is 5.78 Å². The van der Waals surface area contributed by atoms with Gasteiger partial charge in [0.05, 0.1) is 5.02 Å². The van der Waals surface area contributed by atoms with Crippen molar-refractivity contribution in [2.75, 3.05) is 5.33 Å². The summed E-state index contributed by atoms with van der Waals surface area (Å²) in [6.07, 6.45) is 0.750. The van der Waals surface area contributed by atoms with Crippen LogP contribution >= 0.6 is 27.5 Å². The molecule has 9 heteroatoms. The molecule has 0 saturated heterocycles. The summed E-state index contributed by atoms with van der Waals surface area (Å²) in [4.78, 5) is 36.1. The standard InChI is InChI=1S/C17H16BrClFNO5/c1-9(22)25-14-15(24)17(2,10-5-6-12(20)11(19)8-10)26-16(14)21-13(23)4-3-7-18/h5-6,8H,3-4,7H2,1-2H3,(H,21,23). The number of Topliss-reactive ketones (excluding diaryl/α,β-unsaturated/α-hetero) is 1. The molecule has 0 radical (unpaired) electrons. The molecule has 1 aliphatic heterocycles. The molecule has 0 aromatic heterocycles. The number of carbonyl (C=O) groups is 3. The first-order chi connectivity index (χ1) is 12.2. The van der Waals surface area contributed by atoms with Crippen LogP contribution in [0, 0.1) is 5.82 Å². The monoisotopic (exact) mass is 447 g/mol. The van der Waals surface area contributed by atoms with Gasteiger partial charge in [-0.15, -0.1) is 0 Å². The van der Waals surface area contributed by atoms with Crippen LogP contribution in [0.25, 0.3) is 0 Å². The Kier molecular flexibility index (Phi) is 6.41. The largest absolute Gasteiger partial charge is 0.456 e. The van der Waals surface area contributed by atoms with Gasteiger partial charge in [-0.05, 0) is 25.5 Å². The average molecular weight is 449 g/mol. The van der Waals surface area contributed by atoms with Crippen LogP contribution in [-0.4, -0.2) is 23.0 Å². The van der Waals surface area contributed by atoms with E-state index in [2.05, 4.69) is 21.2 Å². The highest BCUT2D eigenvalue weighted by atomic mass is 79.9. The van der Waals surface area contributed by atoms with Crippen molar-refractivity contribution in [2.24, 2.45) is 0 Å². The zero-order valence-corrected chi connectivity index (χ0v) is 16.4. The minimum Gasteiger partial charge on any atom is -0.456 e. The first-order valence-electron chi connectivity index (χ1n) is 7.67. The molecule has 140 valence electrons. The van der Waals surface area contributed by atoms with E-state index in [1.165, 1.54) is 19.1 Å². The van der Waals surface area contributed by atoms with Gasteiger partial charge in [-0.1, -0.05) is 33.6 Å². The molecule has 0 spiro atoms. The van der Waals surface area contributed by atoms with Gasteiger partial charge in [0.1, 0.15) is 5.82 Å². The molecule has 1 heterocycles. The summed E-state index contributed by atoms with van der Waals surface area (Å²) in [7, 11) is 0. The third-order valence-corrected chi connectivity index (χ3v) is 4.51. The van der Waals surface area contributed by atoms with E-state index in [0.29, 0.717) is 11.8 Å². The molecule has 1 aromatic carbocycles. The van der Waals surface area contributed by atoms with E-state index < -0.39 is 34.8 Å². The molecule has 6 nitrogen and oxygen atoms in total. The number of ketones is 1. The van der Waals surface area contributed by atoms with Gasteiger partial charge in [0, 0.05) is 24.2 Å². The minimum atomic E-state index is -1.62. The highest BCUT2D eigenvalue weighted by Crippen LogP contribution is 2.39. The topological polar surface area (TPSA) is 81.7 Å². The zero-order chi connectivity index (χ0) is 19.5. The number of amides is 1. The third-order valence-electron chi connectivity index (χ3n) is 3.66. The normalized spacial score (nSPS) is 19.3. The van der Waals surface area contributed by atoms with E-state index in [1.807, 2.05) is 0 Å². The molecule has 1 N–H and O–H groups in total. The summed E-state index contributed by atoms with van der Waals surface area (Å²) >= 11 is 9.00. The second kappa shape index (κ2) is 8.18. The quantitative estimate of drug-likeness (QED) is 0.533. The molecule has 0 fully saturated rings. The molecule has 1 aliphatic rings. The Labute approximate surface area is 162 Å². The lowest BCUT2D eigenvalue weighted by molar-refractivity contribution is -0.142. The summed E-state index contributed by atoms with van der Waals surface area (Å²) < 4.78 is 24.0. The van der Waals surface area contributed by atoms with Gasteiger partial charge in [0.15, 0.2) is 5.60 Å². The maximum Gasteiger partial charge on any atom is 0.308 e. The minimum absolute atomic E-state index is 0.179. The van der Waals surface area contributed by atoms with Crippen molar-refractivity contribution in [3.05, 3.63) is 46.2 Å². The fraction of sp³-hybridized carbons (Fsp3) is 0.353. The fourth-order valence-electron chi connectivity index (χ4n) is 2.33. The van der Waals surface area contributed by atoms with Crippen molar-refractivity contribution in [2.45, 2.75) is 32.3 Å². The number of nitrogens with one attached hydrogen (secondary N) is 1. The molecule has 2 rings (SSSR count). The Hall–Kier alpha value is -1.93. The predicted octanol–water partition coefficient (Wildman–Crippen LogP) is 3.32. The molecule has 1 amide bonds. The third kappa shape index (κ3) is 4.24. The van der Waals surface area contributed by atoms with Gasteiger partial charge in [0.2, 0.25) is 17.5 Å². The van der Waals surface area contributed by atoms with Crippen molar-refractivity contribution in [3.8, 4) is 0 Å². The first-order valence-corrected chi connectivity index (χ1v) is 9.17. The molecule has 26 heavy (non-hydrogen) atoms. The molecule has 1 unspecified atom stereocenters. The van der Waals surface area contributed by atoms with E-state index in [-0.39, 0.29) is 22.9 Å². The van der Waals surface area contributed by atoms with E-state index in [0.717, 1.165) is 13.0 Å². The lowest BCUT2D eigenvalue weighted by Gasteiger charge is -2.24. The summed E-state index contributed by atoms with van der Waals surface area (Å²) in [5, 5.41) is 2.88. The SMILES string of the molecule is CC(=O)OC1=C(NC(=O)CCCBr)OC(C)(c2ccc(F)c(Cl)c2)C1=O. The van der Waals surface area contributed by atoms with Crippen LogP contribution in [0.2, 0.25) is 5.02 Å². The Morgan fingerprint density at radius 2 is 2.12 bits per heavy atom. The van der Waals surface area contributed by atoms with Gasteiger partial charge < -0.3 is 9.47 Å². The summed E-state index contributed by atoms with van der Waals surface area (Å²) in [5.41, 5.74) is -1.37. The Balaban J connectivity index is 2.36.